The smallest absolute Gasteiger partial charge is 0.416 e. The van der Waals surface area contributed by atoms with Crippen molar-refractivity contribution >= 4 is 11.0 Å². The fourth-order valence-electron chi connectivity index (χ4n) is 2.82. The van der Waals surface area contributed by atoms with Crippen molar-refractivity contribution in [1.82, 2.24) is 0 Å². The average Bonchev–Trinajstić information content (AvgIpc) is 2.79. The summed E-state index contributed by atoms with van der Waals surface area (Å²) in [6.45, 7) is 3.99. The lowest BCUT2D eigenvalue weighted by molar-refractivity contribution is -0.137. The summed E-state index contributed by atoms with van der Waals surface area (Å²) in [5, 5.41) is 9.93. The number of alkyl halides is 3. The van der Waals surface area contributed by atoms with Crippen LogP contribution in [-0.2, 0) is 6.18 Å². The quantitative estimate of drug-likeness (QED) is 0.772. The number of aliphatic hydroxyl groups excluding tert-OH is 1. The molecular formula is C17H21F3O2. The van der Waals surface area contributed by atoms with E-state index in [9.17, 15) is 18.3 Å². The number of aryl methyl sites for hydroxylation is 1. The minimum atomic E-state index is -4.37. The number of aliphatic hydroxyl groups is 1. The molecule has 0 amide bonds. The molecule has 0 saturated carbocycles. The van der Waals surface area contributed by atoms with Crippen LogP contribution in [0.5, 0.6) is 0 Å². The number of unbranched alkanes of at least 4 members (excludes halogenated alkanes) is 1. The van der Waals surface area contributed by atoms with Crippen molar-refractivity contribution in [2.24, 2.45) is 0 Å². The lowest BCUT2D eigenvalue weighted by Gasteiger charge is -2.13. The predicted octanol–water partition coefficient (Wildman–Crippen LogP) is 5.42. The molecule has 1 heterocycles. The van der Waals surface area contributed by atoms with Gasteiger partial charge in [0.1, 0.15) is 11.3 Å². The van der Waals surface area contributed by atoms with Gasteiger partial charge >= 0.3 is 6.18 Å². The fourth-order valence-corrected chi connectivity index (χ4v) is 2.82. The molecule has 1 unspecified atom stereocenters. The van der Waals surface area contributed by atoms with E-state index in [1.54, 1.807) is 0 Å². The molecule has 0 spiro atoms. The van der Waals surface area contributed by atoms with Crippen LogP contribution in [0.15, 0.2) is 22.6 Å². The zero-order valence-corrected chi connectivity index (χ0v) is 12.8. The van der Waals surface area contributed by atoms with Gasteiger partial charge in [0.25, 0.3) is 0 Å². The van der Waals surface area contributed by atoms with E-state index in [4.69, 9.17) is 4.42 Å². The number of hydrogen-bond acceptors (Lipinski definition) is 2. The van der Waals surface area contributed by atoms with Crippen molar-refractivity contribution in [2.75, 3.05) is 6.61 Å². The van der Waals surface area contributed by atoms with E-state index in [2.05, 4.69) is 6.92 Å². The number of halogens is 3. The molecule has 5 heteroatoms. The Morgan fingerprint density at radius 2 is 1.95 bits per heavy atom. The zero-order valence-electron chi connectivity index (χ0n) is 12.8. The van der Waals surface area contributed by atoms with Crippen molar-refractivity contribution in [3.8, 4) is 0 Å². The molecule has 0 radical (unpaired) electrons. The Kier molecular flexibility index (Phi) is 5.16. The van der Waals surface area contributed by atoms with Crippen molar-refractivity contribution in [3.05, 3.63) is 35.1 Å². The normalized spacial score (nSPS) is 13.7. The first-order chi connectivity index (χ1) is 10.4. The SMILES string of the molecule is CCCCC(CCO)c1oc2cc(C(F)(F)F)ccc2c1C. The Hall–Kier alpha value is -1.49. The fraction of sp³-hybridized carbons (Fsp3) is 0.529. The summed E-state index contributed by atoms with van der Waals surface area (Å²) in [4.78, 5) is 0. The molecule has 2 nitrogen and oxygen atoms in total. The van der Waals surface area contributed by atoms with Gasteiger partial charge in [-0.2, -0.15) is 13.2 Å². The molecule has 122 valence electrons. The Balaban J connectivity index is 2.43. The van der Waals surface area contributed by atoms with Crippen molar-refractivity contribution in [1.29, 1.82) is 0 Å². The predicted molar refractivity (Wildman–Crippen MR) is 79.9 cm³/mol. The minimum Gasteiger partial charge on any atom is -0.460 e. The van der Waals surface area contributed by atoms with Crippen LogP contribution in [0.3, 0.4) is 0 Å². The summed E-state index contributed by atoms with van der Waals surface area (Å²) < 4.78 is 44.1. The van der Waals surface area contributed by atoms with Crippen LogP contribution in [0.4, 0.5) is 13.2 Å². The summed E-state index contributed by atoms with van der Waals surface area (Å²) in [6.07, 6.45) is -0.924. The molecule has 2 rings (SSSR count). The molecule has 0 aliphatic rings. The number of hydrogen-bond donors (Lipinski definition) is 1. The molecule has 1 atom stereocenters. The van der Waals surface area contributed by atoms with Gasteiger partial charge in [0.15, 0.2) is 0 Å². The lowest BCUT2D eigenvalue weighted by atomic mass is 9.93. The number of furan rings is 1. The molecule has 0 aliphatic carbocycles. The monoisotopic (exact) mass is 314 g/mol. The standard InChI is InChI=1S/C17H21F3O2/c1-3-4-5-12(8-9-21)16-11(2)14-7-6-13(17(18,19)20)10-15(14)22-16/h6-7,10,12,21H,3-5,8-9H2,1-2H3. The largest absolute Gasteiger partial charge is 0.460 e. The summed E-state index contributed by atoms with van der Waals surface area (Å²) in [5.74, 6) is 0.753. The summed E-state index contributed by atoms with van der Waals surface area (Å²) in [6, 6.07) is 3.61. The topological polar surface area (TPSA) is 33.4 Å². The summed E-state index contributed by atoms with van der Waals surface area (Å²) in [5.41, 5.74) is 0.438. The van der Waals surface area contributed by atoms with E-state index in [0.29, 0.717) is 17.6 Å². The van der Waals surface area contributed by atoms with E-state index >= 15 is 0 Å². The third kappa shape index (κ3) is 3.46. The van der Waals surface area contributed by atoms with Gasteiger partial charge in [-0.05, 0) is 37.5 Å². The summed E-state index contributed by atoms with van der Waals surface area (Å²) >= 11 is 0. The van der Waals surface area contributed by atoms with Gasteiger partial charge in [-0.15, -0.1) is 0 Å². The van der Waals surface area contributed by atoms with Gasteiger partial charge in [0, 0.05) is 17.9 Å². The number of benzene rings is 1. The first-order valence-corrected chi connectivity index (χ1v) is 7.59. The third-order valence-electron chi connectivity index (χ3n) is 4.06. The van der Waals surface area contributed by atoms with Crippen LogP contribution >= 0.6 is 0 Å². The second kappa shape index (κ2) is 6.73. The van der Waals surface area contributed by atoms with E-state index in [-0.39, 0.29) is 18.1 Å². The highest BCUT2D eigenvalue weighted by molar-refractivity contribution is 5.83. The Morgan fingerprint density at radius 3 is 2.55 bits per heavy atom. The van der Waals surface area contributed by atoms with Crippen LogP contribution in [0.2, 0.25) is 0 Å². The van der Waals surface area contributed by atoms with Gasteiger partial charge in [-0.3, -0.25) is 0 Å². The van der Waals surface area contributed by atoms with Gasteiger partial charge < -0.3 is 9.52 Å². The molecule has 0 aliphatic heterocycles. The zero-order chi connectivity index (χ0) is 16.3. The van der Waals surface area contributed by atoms with Crippen LogP contribution in [0.25, 0.3) is 11.0 Å². The first kappa shape index (κ1) is 16.9. The second-order valence-corrected chi connectivity index (χ2v) is 5.65. The van der Waals surface area contributed by atoms with E-state index < -0.39 is 11.7 Å². The van der Waals surface area contributed by atoms with Crippen molar-refractivity contribution in [2.45, 2.75) is 51.6 Å². The molecule has 1 aromatic heterocycles. The van der Waals surface area contributed by atoms with Crippen LogP contribution in [-0.4, -0.2) is 11.7 Å². The van der Waals surface area contributed by atoms with Crippen LogP contribution in [0, 0.1) is 6.92 Å². The molecule has 0 saturated heterocycles. The Bertz CT molecular complexity index is 629. The maximum Gasteiger partial charge on any atom is 0.416 e. The molecule has 1 aromatic carbocycles. The van der Waals surface area contributed by atoms with Gasteiger partial charge in [-0.25, -0.2) is 0 Å². The maximum absolute atomic E-state index is 12.8. The van der Waals surface area contributed by atoms with Gasteiger partial charge in [-0.1, -0.05) is 25.8 Å². The Labute approximate surface area is 127 Å². The molecule has 2 aromatic rings. The number of fused-ring (bicyclic) bond motifs is 1. The Morgan fingerprint density at radius 1 is 1.23 bits per heavy atom. The molecular weight excluding hydrogens is 293 g/mol. The van der Waals surface area contributed by atoms with Gasteiger partial charge in [0.2, 0.25) is 0 Å². The highest BCUT2D eigenvalue weighted by atomic mass is 19.4. The third-order valence-corrected chi connectivity index (χ3v) is 4.06. The highest BCUT2D eigenvalue weighted by Gasteiger charge is 2.31. The van der Waals surface area contributed by atoms with E-state index in [0.717, 1.165) is 37.0 Å². The van der Waals surface area contributed by atoms with E-state index in [1.807, 2.05) is 6.92 Å². The second-order valence-electron chi connectivity index (χ2n) is 5.65. The summed E-state index contributed by atoms with van der Waals surface area (Å²) in [7, 11) is 0. The van der Waals surface area contributed by atoms with Crippen molar-refractivity contribution < 1.29 is 22.7 Å². The highest BCUT2D eigenvalue weighted by Crippen LogP contribution is 2.37. The molecule has 0 fully saturated rings. The molecule has 1 N–H and O–H groups in total. The van der Waals surface area contributed by atoms with Crippen LogP contribution in [0.1, 0.15) is 55.4 Å². The first-order valence-electron chi connectivity index (χ1n) is 7.59. The van der Waals surface area contributed by atoms with E-state index in [1.165, 1.54) is 6.07 Å². The lowest BCUT2D eigenvalue weighted by Crippen LogP contribution is -2.03. The van der Waals surface area contributed by atoms with Crippen LogP contribution < -0.4 is 0 Å². The molecule has 0 bridgehead atoms. The van der Waals surface area contributed by atoms with Gasteiger partial charge in [0.05, 0.1) is 5.56 Å². The maximum atomic E-state index is 12.8. The molecule has 22 heavy (non-hydrogen) atoms. The number of rotatable bonds is 6. The van der Waals surface area contributed by atoms with Crippen molar-refractivity contribution in [3.63, 3.8) is 0 Å². The minimum absolute atomic E-state index is 0.0403. The average molecular weight is 314 g/mol.